The van der Waals surface area contributed by atoms with E-state index in [9.17, 15) is 9.59 Å². The normalized spacial score (nSPS) is 21.0. The van der Waals surface area contributed by atoms with Gasteiger partial charge in [-0.25, -0.2) is 0 Å². The molecule has 1 atom stereocenters. The first-order valence-electron chi connectivity index (χ1n) is 9.19. The number of nitrogens with one attached hydrogen (secondary N) is 1. The molecule has 3 rings (SSSR count). The van der Waals surface area contributed by atoms with Crippen molar-refractivity contribution in [3.8, 4) is 5.75 Å². The standard InChI is InChI=1S/C19H27N3O4/c1-25-17-5-3-16(4-6-17)22-14-15(13-18(22)23)19(24)20-7-2-8-21-9-11-26-12-10-21/h3-6,15H,2,7-14H2,1H3,(H,20,24)/t15-/m1/s1. The second-order valence-corrected chi connectivity index (χ2v) is 6.70. The number of benzene rings is 1. The molecule has 2 amide bonds. The largest absolute Gasteiger partial charge is 0.497 e. The first-order valence-corrected chi connectivity index (χ1v) is 9.19. The molecule has 2 saturated heterocycles. The van der Waals surface area contributed by atoms with Gasteiger partial charge >= 0.3 is 0 Å². The third kappa shape index (κ3) is 4.74. The van der Waals surface area contributed by atoms with Crippen LogP contribution in [0.5, 0.6) is 5.75 Å². The van der Waals surface area contributed by atoms with Gasteiger partial charge in [-0.2, -0.15) is 0 Å². The molecule has 142 valence electrons. The van der Waals surface area contributed by atoms with E-state index < -0.39 is 0 Å². The molecule has 0 aromatic heterocycles. The van der Waals surface area contributed by atoms with Gasteiger partial charge in [0.05, 0.1) is 26.2 Å². The third-order valence-electron chi connectivity index (χ3n) is 4.93. The Morgan fingerprint density at radius 2 is 2.00 bits per heavy atom. The zero-order valence-electron chi connectivity index (χ0n) is 15.3. The van der Waals surface area contributed by atoms with Gasteiger partial charge in [-0.05, 0) is 37.2 Å². The van der Waals surface area contributed by atoms with Crippen molar-refractivity contribution in [2.24, 2.45) is 5.92 Å². The van der Waals surface area contributed by atoms with Gasteiger partial charge in [0.25, 0.3) is 0 Å². The number of amides is 2. The number of anilines is 1. The molecule has 2 aliphatic heterocycles. The van der Waals surface area contributed by atoms with E-state index in [4.69, 9.17) is 9.47 Å². The molecule has 1 N–H and O–H groups in total. The van der Waals surface area contributed by atoms with Crippen molar-refractivity contribution in [1.82, 2.24) is 10.2 Å². The molecule has 1 aromatic rings. The SMILES string of the molecule is COc1ccc(N2C[C@H](C(=O)NCCCN3CCOCC3)CC2=O)cc1. The van der Waals surface area contributed by atoms with Crippen LogP contribution in [0.15, 0.2) is 24.3 Å². The van der Waals surface area contributed by atoms with Crippen LogP contribution in [0.3, 0.4) is 0 Å². The summed E-state index contributed by atoms with van der Waals surface area (Å²) in [6.45, 7) is 5.54. The highest BCUT2D eigenvalue weighted by molar-refractivity contribution is 6.00. The quantitative estimate of drug-likeness (QED) is 0.731. The van der Waals surface area contributed by atoms with E-state index in [-0.39, 0.29) is 24.2 Å². The highest BCUT2D eigenvalue weighted by Crippen LogP contribution is 2.26. The summed E-state index contributed by atoms with van der Waals surface area (Å²) in [7, 11) is 1.61. The molecule has 2 fully saturated rings. The molecule has 7 heteroatoms. The number of rotatable bonds is 7. The van der Waals surface area contributed by atoms with Crippen molar-refractivity contribution in [1.29, 1.82) is 0 Å². The number of ether oxygens (including phenoxy) is 2. The summed E-state index contributed by atoms with van der Waals surface area (Å²) in [5.41, 5.74) is 0.804. The number of hydrogen-bond acceptors (Lipinski definition) is 5. The Morgan fingerprint density at radius 1 is 1.27 bits per heavy atom. The molecule has 0 unspecified atom stereocenters. The fourth-order valence-electron chi connectivity index (χ4n) is 3.38. The number of carbonyl (C=O) groups excluding carboxylic acids is 2. The predicted molar refractivity (Wildman–Crippen MR) is 98.3 cm³/mol. The second kappa shape index (κ2) is 9.00. The second-order valence-electron chi connectivity index (χ2n) is 6.70. The monoisotopic (exact) mass is 361 g/mol. The first kappa shape index (κ1) is 18.7. The number of carbonyl (C=O) groups is 2. The van der Waals surface area contributed by atoms with Crippen molar-refractivity contribution < 1.29 is 19.1 Å². The Bertz CT molecular complexity index is 614. The maximum absolute atomic E-state index is 12.4. The maximum Gasteiger partial charge on any atom is 0.227 e. The summed E-state index contributed by atoms with van der Waals surface area (Å²) in [5, 5.41) is 2.98. The van der Waals surface area contributed by atoms with Gasteiger partial charge in [0.15, 0.2) is 0 Å². The number of hydrogen-bond donors (Lipinski definition) is 1. The minimum absolute atomic E-state index is 0.0105. The summed E-state index contributed by atoms with van der Waals surface area (Å²) in [6, 6.07) is 7.34. The summed E-state index contributed by atoms with van der Waals surface area (Å²) < 4.78 is 10.5. The van der Waals surface area contributed by atoms with Crippen LogP contribution in [0.25, 0.3) is 0 Å². The van der Waals surface area contributed by atoms with Gasteiger partial charge in [-0.1, -0.05) is 0 Å². The van der Waals surface area contributed by atoms with Crippen LogP contribution in [-0.2, 0) is 14.3 Å². The zero-order valence-corrected chi connectivity index (χ0v) is 15.3. The molecule has 1 aromatic carbocycles. The van der Waals surface area contributed by atoms with Gasteiger partial charge in [-0.3, -0.25) is 14.5 Å². The fourth-order valence-corrected chi connectivity index (χ4v) is 3.38. The summed E-state index contributed by atoms with van der Waals surface area (Å²) in [6.07, 6.45) is 1.18. The van der Waals surface area contributed by atoms with E-state index in [2.05, 4.69) is 10.2 Å². The number of nitrogens with zero attached hydrogens (tertiary/aromatic N) is 2. The summed E-state index contributed by atoms with van der Waals surface area (Å²) >= 11 is 0. The molecule has 0 aliphatic carbocycles. The van der Waals surface area contributed by atoms with E-state index in [0.717, 1.165) is 50.7 Å². The summed E-state index contributed by atoms with van der Waals surface area (Å²) in [4.78, 5) is 28.7. The van der Waals surface area contributed by atoms with Crippen LogP contribution in [-0.4, -0.2) is 69.8 Å². The average molecular weight is 361 g/mol. The van der Waals surface area contributed by atoms with E-state index in [1.807, 2.05) is 24.3 Å². The lowest BCUT2D eigenvalue weighted by Gasteiger charge is -2.26. The van der Waals surface area contributed by atoms with E-state index >= 15 is 0 Å². The van der Waals surface area contributed by atoms with Crippen molar-refractivity contribution in [3.63, 3.8) is 0 Å². The van der Waals surface area contributed by atoms with Crippen LogP contribution in [0.2, 0.25) is 0 Å². The van der Waals surface area contributed by atoms with Crippen molar-refractivity contribution in [2.75, 3.05) is 57.9 Å². The van der Waals surface area contributed by atoms with Crippen LogP contribution >= 0.6 is 0 Å². The molecule has 2 aliphatic rings. The number of methoxy groups -OCH3 is 1. The fraction of sp³-hybridized carbons (Fsp3) is 0.579. The highest BCUT2D eigenvalue weighted by atomic mass is 16.5. The molecule has 2 heterocycles. The van der Waals surface area contributed by atoms with E-state index in [1.165, 1.54) is 0 Å². The third-order valence-corrected chi connectivity index (χ3v) is 4.93. The average Bonchev–Trinajstić information content (AvgIpc) is 3.08. The molecule has 0 spiro atoms. The van der Waals surface area contributed by atoms with Crippen LogP contribution in [0.4, 0.5) is 5.69 Å². The smallest absolute Gasteiger partial charge is 0.227 e. The van der Waals surface area contributed by atoms with Crippen molar-refractivity contribution >= 4 is 17.5 Å². The molecular formula is C19H27N3O4. The lowest BCUT2D eigenvalue weighted by atomic mass is 10.1. The Labute approximate surface area is 154 Å². The number of morpholine rings is 1. The molecular weight excluding hydrogens is 334 g/mol. The lowest BCUT2D eigenvalue weighted by Crippen LogP contribution is -2.39. The van der Waals surface area contributed by atoms with Crippen LogP contribution < -0.4 is 15.0 Å². The van der Waals surface area contributed by atoms with Gasteiger partial charge in [0.2, 0.25) is 11.8 Å². The molecule has 0 saturated carbocycles. The lowest BCUT2D eigenvalue weighted by molar-refractivity contribution is -0.126. The van der Waals surface area contributed by atoms with Crippen molar-refractivity contribution in [3.05, 3.63) is 24.3 Å². The Morgan fingerprint density at radius 3 is 2.69 bits per heavy atom. The maximum atomic E-state index is 12.4. The Balaban J connectivity index is 1.42. The Hall–Kier alpha value is -2.12. The molecule has 0 radical (unpaired) electrons. The molecule has 26 heavy (non-hydrogen) atoms. The topological polar surface area (TPSA) is 71.1 Å². The van der Waals surface area contributed by atoms with E-state index in [1.54, 1.807) is 12.0 Å². The minimum Gasteiger partial charge on any atom is -0.497 e. The van der Waals surface area contributed by atoms with E-state index in [0.29, 0.717) is 13.1 Å². The first-order chi connectivity index (χ1) is 12.7. The van der Waals surface area contributed by atoms with Crippen LogP contribution in [0.1, 0.15) is 12.8 Å². The van der Waals surface area contributed by atoms with Crippen LogP contribution in [0, 0.1) is 5.92 Å². The van der Waals surface area contributed by atoms with Crippen molar-refractivity contribution in [2.45, 2.75) is 12.8 Å². The van der Waals surface area contributed by atoms with Gasteiger partial charge in [0, 0.05) is 38.3 Å². The molecule has 0 bridgehead atoms. The zero-order chi connectivity index (χ0) is 18.4. The van der Waals surface area contributed by atoms with Gasteiger partial charge in [0.1, 0.15) is 5.75 Å². The predicted octanol–water partition coefficient (Wildman–Crippen LogP) is 0.887. The minimum atomic E-state index is -0.284. The Kier molecular flexibility index (Phi) is 6.46. The van der Waals surface area contributed by atoms with Gasteiger partial charge < -0.3 is 19.7 Å². The summed E-state index contributed by atoms with van der Waals surface area (Å²) in [5.74, 6) is 0.419. The molecule has 7 nitrogen and oxygen atoms in total. The van der Waals surface area contributed by atoms with Gasteiger partial charge in [-0.15, -0.1) is 0 Å². The highest BCUT2D eigenvalue weighted by Gasteiger charge is 2.34.